The van der Waals surface area contributed by atoms with E-state index in [9.17, 15) is 0 Å². The summed E-state index contributed by atoms with van der Waals surface area (Å²) in [6.07, 6.45) is 0.705. The molecule has 0 atom stereocenters. The Balaban J connectivity index is 0. The maximum atomic E-state index is 5.31. The summed E-state index contributed by atoms with van der Waals surface area (Å²) in [6.45, 7) is 7.56. The third-order valence-electron chi connectivity index (χ3n) is 0.698. The lowest BCUT2D eigenvalue weighted by atomic mass is 10.5. The molecular formula is C7H18N4. The zero-order valence-electron chi connectivity index (χ0n) is 7.76. The molecule has 4 nitrogen and oxygen atoms in total. The molecule has 0 fully saturated rings. The van der Waals surface area contributed by atoms with Crippen LogP contribution in [0.2, 0.25) is 0 Å². The van der Waals surface area contributed by atoms with Crippen molar-refractivity contribution in [3.8, 4) is 0 Å². The van der Waals surface area contributed by atoms with E-state index in [0.29, 0.717) is 18.1 Å². The Morgan fingerprint density at radius 2 is 1.64 bits per heavy atom. The second-order valence-electron chi connectivity index (χ2n) is 1.69. The van der Waals surface area contributed by atoms with Crippen LogP contribution in [0.25, 0.3) is 0 Å². The van der Waals surface area contributed by atoms with Gasteiger partial charge in [0.25, 0.3) is 0 Å². The summed E-state index contributed by atoms with van der Waals surface area (Å²) in [7, 11) is 0. The Morgan fingerprint density at radius 1 is 1.18 bits per heavy atom. The van der Waals surface area contributed by atoms with E-state index in [0.717, 1.165) is 0 Å². The monoisotopic (exact) mass is 158 g/mol. The predicted molar refractivity (Wildman–Crippen MR) is 50.6 cm³/mol. The zero-order chi connectivity index (χ0) is 9.28. The minimum absolute atomic E-state index is 0.423. The molecule has 0 amide bonds. The molecule has 0 aromatic rings. The van der Waals surface area contributed by atoms with Crippen LogP contribution >= 0.6 is 0 Å². The highest BCUT2D eigenvalue weighted by atomic mass is 15.2. The lowest BCUT2D eigenvalue weighted by molar-refractivity contribution is 1.14. The van der Waals surface area contributed by atoms with E-state index >= 15 is 0 Å². The molecule has 0 aliphatic heterocycles. The summed E-state index contributed by atoms with van der Waals surface area (Å²) >= 11 is 0. The molecule has 0 rings (SSSR count). The molecule has 0 unspecified atom stereocenters. The quantitative estimate of drug-likeness (QED) is 0.358. The number of hydrogen-bond donors (Lipinski definition) is 2. The molecule has 0 heterocycles. The van der Waals surface area contributed by atoms with Gasteiger partial charge in [-0.15, -0.1) is 10.2 Å². The standard InChI is InChI=1S/C5H12N4.C2H6/c1-3-5(7)9-8-4(2)6;1-2/h3H2,1-2H3,(H2,6,8)(H2,7,9);1-2H3. The maximum absolute atomic E-state index is 5.31. The van der Waals surface area contributed by atoms with E-state index < -0.39 is 0 Å². The fraction of sp³-hybridized carbons (Fsp3) is 0.714. The van der Waals surface area contributed by atoms with Crippen molar-refractivity contribution in [3.63, 3.8) is 0 Å². The van der Waals surface area contributed by atoms with Crippen molar-refractivity contribution in [1.29, 1.82) is 0 Å². The number of rotatable bonds is 2. The van der Waals surface area contributed by atoms with Crippen molar-refractivity contribution in [1.82, 2.24) is 0 Å². The largest absolute Gasteiger partial charge is 0.386 e. The van der Waals surface area contributed by atoms with Crippen LogP contribution in [0, 0.1) is 0 Å². The third-order valence-corrected chi connectivity index (χ3v) is 0.698. The van der Waals surface area contributed by atoms with Crippen LogP contribution in [0.15, 0.2) is 10.2 Å². The van der Waals surface area contributed by atoms with Gasteiger partial charge in [0.1, 0.15) is 11.7 Å². The average molecular weight is 158 g/mol. The first-order valence-electron chi connectivity index (χ1n) is 3.79. The SMILES string of the molecule is CC.CC/C(N)=N/N=C(/C)N. The normalized spacial score (nSPS) is 12.0. The minimum atomic E-state index is 0.423. The summed E-state index contributed by atoms with van der Waals surface area (Å²) in [5.41, 5.74) is 10.5. The topological polar surface area (TPSA) is 76.8 Å². The number of hydrogen-bond acceptors (Lipinski definition) is 2. The van der Waals surface area contributed by atoms with Gasteiger partial charge in [-0.3, -0.25) is 0 Å². The maximum Gasteiger partial charge on any atom is 0.122 e. The number of nitrogens with two attached hydrogens (primary N) is 2. The summed E-state index contributed by atoms with van der Waals surface area (Å²) < 4.78 is 0. The number of nitrogens with zero attached hydrogens (tertiary/aromatic N) is 2. The molecule has 0 saturated carbocycles. The molecule has 0 radical (unpaired) electrons. The molecule has 0 aromatic heterocycles. The van der Waals surface area contributed by atoms with Crippen molar-refractivity contribution in [2.45, 2.75) is 34.1 Å². The fourth-order valence-corrected chi connectivity index (χ4v) is 0.214. The van der Waals surface area contributed by atoms with Gasteiger partial charge >= 0.3 is 0 Å². The lowest BCUT2D eigenvalue weighted by Gasteiger charge is -1.88. The smallest absolute Gasteiger partial charge is 0.122 e. The first kappa shape index (κ1) is 12.6. The van der Waals surface area contributed by atoms with Crippen molar-refractivity contribution in [3.05, 3.63) is 0 Å². The second-order valence-corrected chi connectivity index (χ2v) is 1.69. The van der Waals surface area contributed by atoms with Crippen LogP contribution in [-0.2, 0) is 0 Å². The van der Waals surface area contributed by atoms with Gasteiger partial charge in [0.15, 0.2) is 0 Å². The van der Waals surface area contributed by atoms with E-state index in [-0.39, 0.29) is 0 Å². The molecule has 4 heteroatoms. The van der Waals surface area contributed by atoms with Crippen LogP contribution in [0.4, 0.5) is 0 Å². The van der Waals surface area contributed by atoms with Gasteiger partial charge in [-0.05, 0) is 6.92 Å². The van der Waals surface area contributed by atoms with Crippen molar-refractivity contribution in [2.75, 3.05) is 0 Å². The molecule has 4 N–H and O–H groups in total. The fourth-order valence-electron chi connectivity index (χ4n) is 0.214. The summed E-state index contributed by atoms with van der Waals surface area (Å²) in [6, 6.07) is 0. The summed E-state index contributed by atoms with van der Waals surface area (Å²) in [4.78, 5) is 0. The van der Waals surface area contributed by atoms with Crippen LogP contribution in [0.3, 0.4) is 0 Å². The van der Waals surface area contributed by atoms with Crippen molar-refractivity contribution >= 4 is 11.7 Å². The Morgan fingerprint density at radius 3 is 1.91 bits per heavy atom. The third kappa shape index (κ3) is 12.2. The number of amidine groups is 2. The highest BCUT2D eigenvalue weighted by Gasteiger charge is 1.81. The molecule has 0 spiro atoms. The summed E-state index contributed by atoms with van der Waals surface area (Å²) in [5, 5.41) is 7.15. The van der Waals surface area contributed by atoms with Gasteiger partial charge < -0.3 is 11.5 Å². The van der Waals surface area contributed by atoms with Gasteiger partial charge in [0, 0.05) is 6.42 Å². The Kier molecular flexibility index (Phi) is 10.2. The van der Waals surface area contributed by atoms with E-state index in [4.69, 9.17) is 11.5 Å². The molecule has 0 aliphatic rings. The van der Waals surface area contributed by atoms with Crippen LogP contribution < -0.4 is 11.5 Å². The van der Waals surface area contributed by atoms with Crippen molar-refractivity contribution < 1.29 is 0 Å². The zero-order valence-corrected chi connectivity index (χ0v) is 7.76. The lowest BCUT2D eigenvalue weighted by Crippen LogP contribution is -2.10. The van der Waals surface area contributed by atoms with Gasteiger partial charge in [-0.1, -0.05) is 20.8 Å². The Hall–Kier alpha value is -1.06. The predicted octanol–water partition coefficient (Wildman–Crippen LogP) is 1.07. The van der Waals surface area contributed by atoms with Gasteiger partial charge in [0.05, 0.1) is 0 Å². The van der Waals surface area contributed by atoms with Gasteiger partial charge in [-0.25, -0.2) is 0 Å². The molecule has 0 aliphatic carbocycles. The molecule has 0 saturated heterocycles. The van der Waals surface area contributed by atoms with E-state index in [1.807, 2.05) is 20.8 Å². The van der Waals surface area contributed by atoms with E-state index in [2.05, 4.69) is 10.2 Å². The Bertz CT molecular complexity index is 133. The van der Waals surface area contributed by atoms with Crippen molar-refractivity contribution in [2.24, 2.45) is 21.7 Å². The van der Waals surface area contributed by atoms with Crippen LogP contribution in [0.1, 0.15) is 34.1 Å². The first-order valence-corrected chi connectivity index (χ1v) is 3.79. The minimum Gasteiger partial charge on any atom is -0.386 e. The molecular weight excluding hydrogens is 140 g/mol. The highest BCUT2D eigenvalue weighted by Crippen LogP contribution is 1.78. The summed E-state index contributed by atoms with van der Waals surface area (Å²) in [5.74, 6) is 0.922. The molecule has 0 aromatic carbocycles. The van der Waals surface area contributed by atoms with Crippen LogP contribution in [-0.4, -0.2) is 11.7 Å². The van der Waals surface area contributed by atoms with Crippen LogP contribution in [0.5, 0.6) is 0 Å². The van der Waals surface area contributed by atoms with E-state index in [1.54, 1.807) is 6.92 Å². The average Bonchev–Trinajstić information content (AvgIpc) is 2.04. The molecule has 11 heavy (non-hydrogen) atoms. The first-order chi connectivity index (χ1) is 5.16. The van der Waals surface area contributed by atoms with Gasteiger partial charge in [0.2, 0.25) is 0 Å². The van der Waals surface area contributed by atoms with E-state index in [1.165, 1.54) is 0 Å². The molecule has 0 bridgehead atoms. The molecule has 66 valence electrons. The van der Waals surface area contributed by atoms with Gasteiger partial charge in [-0.2, -0.15) is 0 Å². The highest BCUT2D eigenvalue weighted by molar-refractivity contribution is 5.82. The Labute approximate surface area is 68.4 Å². The second kappa shape index (κ2) is 8.94.